The van der Waals surface area contributed by atoms with Crippen molar-refractivity contribution in [1.82, 2.24) is 9.80 Å². The number of morpholine rings is 1. The average Bonchev–Trinajstić information content (AvgIpc) is 2.73. The van der Waals surface area contributed by atoms with E-state index in [0.29, 0.717) is 0 Å². The fourth-order valence-corrected chi connectivity index (χ4v) is 4.46. The molecule has 0 N–H and O–H groups in total. The number of hydrogen-bond donors (Lipinski definition) is 0. The smallest absolute Gasteiger partial charge is 0.253 e. The molecule has 1 amide bonds. The van der Waals surface area contributed by atoms with E-state index < -0.39 is 0 Å². The van der Waals surface area contributed by atoms with Crippen LogP contribution in [-0.4, -0.2) is 66.2 Å². The molecule has 1 unspecified atom stereocenters. The first kappa shape index (κ1) is 22.7. The van der Waals surface area contributed by atoms with Gasteiger partial charge in [0.2, 0.25) is 0 Å². The molecule has 1 spiro atoms. The van der Waals surface area contributed by atoms with Crippen molar-refractivity contribution in [2.45, 2.75) is 71.7 Å². The minimum atomic E-state index is -0.157. The highest BCUT2D eigenvalue weighted by Gasteiger charge is 2.43. The summed E-state index contributed by atoms with van der Waals surface area (Å²) in [6.07, 6.45) is 3.12. The van der Waals surface area contributed by atoms with Gasteiger partial charge in [-0.1, -0.05) is 12.8 Å². The van der Waals surface area contributed by atoms with Crippen LogP contribution in [0.5, 0.6) is 5.75 Å². The minimum absolute atomic E-state index is 0.0978. The first-order valence-corrected chi connectivity index (χ1v) is 11.2. The predicted molar refractivity (Wildman–Crippen MR) is 120 cm³/mol. The van der Waals surface area contributed by atoms with Crippen LogP contribution in [0, 0.1) is 18.8 Å². The maximum absolute atomic E-state index is 13.1. The molecule has 5 heteroatoms. The van der Waals surface area contributed by atoms with E-state index in [9.17, 15) is 4.79 Å². The average molecular weight is 413 g/mol. The Balaban J connectivity index is 1.64. The van der Waals surface area contributed by atoms with Crippen LogP contribution in [-0.2, 0) is 4.74 Å². The van der Waals surface area contributed by atoms with E-state index >= 15 is 0 Å². The largest absolute Gasteiger partial charge is 0.491 e. The third-order valence-corrected chi connectivity index (χ3v) is 6.07. The summed E-state index contributed by atoms with van der Waals surface area (Å²) >= 11 is 0. The quantitative estimate of drug-likeness (QED) is 0.688. The lowest BCUT2D eigenvalue weighted by molar-refractivity contribution is -0.171. The first-order chi connectivity index (χ1) is 14.4. The second-order valence-corrected chi connectivity index (χ2v) is 8.87. The van der Waals surface area contributed by atoms with Gasteiger partial charge < -0.3 is 14.4 Å². The number of piperidine rings is 1. The van der Waals surface area contributed by atoms with Crippen LogP contribution < -0.4 is 4.74 Å². The van der Waals surface area contributed by atoms with Crippen molar-refractivity contribution in [3.05, 3.63) is 29.3 Å². The van der Waals surface area contributed by atoms with Gasteiger partial charge in [-0.3, -0.25) is 9.69 Å². The van der Waals surface area contributed by atoms with E-state index in [-0.39, 0.29) is 23.7 Å². The normalized spacial score (nSPS) is 21.4. The van der Waals surface area contributed by atoms with Gasteiger partial charge in [0.05, 0.1) is 24.4 Å². The van der Waals surface area contributed by atoms with Crippen LogP contribution in [0.15, 0.2) is 18.2 Å². The Kier molecular flexibility index (Phi) is 7.44. The number of ether oxygens (including phenoxy) is 2. The lowest BCUT2D eigenvalue weighted by Gasteiger charge is -2.49. The van der Waals surface area contributed by atoms with Crippen LogP contribution in [0.3, 0.4) is 0 Å². The fourth-order valence-electron chi connectivity index (χ4n) is 4.46. The Morgan fingerprint density at radius 2 is 2.07 bits per heavy atom. The standard InChI is InChI=1S/C25H36N2O3/c1-6-8-13-26-17-22(7-2)30-25(18-26)11-14-27(15-12-25)24(28)21-9-10-23(20(5)16-21)29-19(3)4/h9-10,16,19,22H,7,11-15,17-18H2,1-5H3. The van der Waals surface area contributed by atoms with Crippen molar-refractivity contribution < 1.29 is 14.3 Å². The van der Waals surface area contributed by atoms with Crippen LogP contribution in [0.4, 0.5) is 0 Å². The summed E-state index contributed by atoms with van der Waals surface area (Å²) in [5, 5.41) is 0. The molecule has 0 aliphatic carbocycles. The van der Waals surface area contributed by atoms with Gasteiger partial charge >= 0.3 is 0 Å². The molecule has 3 rings (SSSR count). The van der Waals surface area contributed by atoms with Gasteiger partial charge in [0.15, 0.2) is 0 Å². The summed E-state index contributed by atoms with van der Waals surface area (Å²) in [4.78, 5) is 17.5. The minimum Gasteiger partial charge on any atom is -0.491 e. The molecule has 0 aromatic heterocycles. The molecule has 2 saturated heterocycles. The number of aryl methyl sites for hydroxylation is 1. The summed E-state index contributed by atoms with van der Waals surface area (Å²) in [5.74, 6) is 7.14. The van der Waals surface area contributed by atoms with Gasteiger partial charge in [0.25, 0.3) is 5.91 Å². The SMILES string of the molecule is CC#CCN1CC(CC)OC2(CCN(C(=O)c3ccc(OC(C)C)c(C)c3)CC2)C1. The summed E-state index contributed by atoms with van der Waals surface area (Å²) in [5.41, 5.74) is 1.57. The lowest BCUT2D eigenvalue weighted by atomic mass is 9.88. The molecule has 5 nitrogen and oxygen atoms in total. The zero-order valence-corrected chi connectivity index (χ0v) is 19.2. The predicted octanol–water partition coefficient (Wildman–Crippen LogP) is 3.89. The Bertz CT molecular complexity index is 800. The van der Waals surface area contributed by atoms with Crippen LogP contribution >= 0.6 is 0 Å². The molecule has 30 heavy (non-hydrogen) atoms. The van der Waals surface area contributed by atoms with E-state index in [4.69, 9.17) is 9.47 Å². The second-order valence-electron chi connectivity index (χ2n) is 8.87. The molecule has 2 aliphatic heterocycles. The molecule has 1 atom stereocenters. The van der Waals surface area contributed by atoms with E-state index in [2.05, 4.69) is 23.7 Å². The highest BCUT2D eigenvalue weighted by atomic mass is 16.5. The third kappa shape index (κ3) is 5.36. The Labute approximate surface area is 181 Å². The number of hydrogen-bond acceptors (Lipinski definition) is 4. The van der Waals surface area contributed by atoms with Crippen LogP contribution in [0.1, 0.15) is 62.9 Å². The van der Waals surface area contributed by atoms with E-state index in [0.717, 1.165) is 68.9 Å². The number of benzene rings is 1. The molecule has 0 radical (unpaired) electrons. The van der Waals surface area contributed by atoms with Crippen LogP contribution in [0.25, 0.3) is 0 Å². The van der Waals surface area contributed by atoms with Gasteiger partial charge in [-0.05, 0) is 70.7 Å². The maximum Gasteiger partial charge on any atom is 0.253 e. The third-order valence-electron chi connectivity index (χ3n) is 6.07. The van der Waals surface area contributed by atoms with Crippen molar-refractivity contribution in [1.29, 1.82) is 0 Å². The molecular weight excluding hydrogens is 376 g/mol. The first-order valence-electron chi connectivity index (χ1n) is 11.2. The number of amides is 1. The van der Waals surface area contributed by atoms with Crippen molar-refractivity contribution in [3.63, 3.8) is 0 Å². The van der Waals surface area contributed by atoms with Gasteiger partial charge in [-0.15, -0.1) is 5.92 Å². The van der Waals surface area contributed by atoms with E-state index in [1.54, 1.807) is 0 Å². The molecule has 2 aliphatic rings. The molecule has 1 aromatic rings. The molecule has 1 aromatic carbocycles. The number of carbonyl (C=O) groups is 1. The van der Waals surface area contributed by atoms with Crippen molar-refractivity contribution in [3.8, 4) is 17.6 Å². The fraction of sp³-hybridized carbons (Fsp3) is 0.640. The van der Waals surface area contributed by atoms with Gasteiger partial charge in [-0.25, -0.2) is 0 Å². The monoisotopic (exact) mass is 412 g/mol. The highest BCUT2D eigenvalue weighted by molar-refractivity contribution is 5.94. The van der Waals surface area contributed by atoms with Crippen molar-refractivity contribution in [2.75, 3.05) is 32.7 Å². The molecule has 0 saturated carbocycles. The second kappa shape index (κ2) is 9.85. The number of likely N-dealkylation sites (tertiary alicyclic amines) is 1. The van der Waals surface area contributed by atoms with E-state index in [1.807, 2.05) is 50.8 Å². The zero-order valence-electron chi connectivity index (χ0n) is 19.2. The summed E-state index contributed by atoms with van der Waals surface area (Å²) in [6.45, 7) is 14.2. The van der Waals surface area contributed by atoms with Gasteiger partial charge in [0, 0.05) is 31.7 Å². The molecule has 2 fully saturated rings. The Morgan fingerprint density at radius 1 is 1.33 bits per heavy atom. The summed E-state index contributed by atoms with van der Waals surface area (Å²) in [7, 11) is 0. The number of nitrogens with zero attached hydrogens (tertiary/aromatic N) is 2. The zero-order chi connectivity index (χ0) is 21.7. The topological polar surface area (TPSA) is 42.0 Å². The van der Waals surface area contributed by atoms with Gasteiger partial charge in [0.1, 0.15) is 5.75 Å². The van der Waals surface area contributed by atoms with E-state index in [1.165, 1.54) is 0 Å². The summed E-state index contributed by atoms with van der Waals surface area (Å²) < 4.78 is 12.3. The molecule has 164 valence electrons. The highest BCUT2D eigenvalue weighted by Crippen LogP contribution is 2.34. The number of rotatable bonds is 5. The van der Waals surface area contributed by atoms with Crippen LogP contribution in [0.2, 0.25) is 0 Å². The van der Waals surface area contributed by atoms with Gasteiger partial charge in [-0.2, -0.15) is 0 Å². The lowest BCUT2D eigenvalue weighted by Crippen LogP contribution is -2.60. The molecular formula is C25H36N2O3. The maximum atomic E-state index is 13.1. The number of carbonyl (C=O) groups excluding carboxylic acids is 1. The Morgan fingerprint density at radius 3 is 2.67 bits per heavy atom. The Hall–Kier alpha value is -2.03. The van der Waals surface area contributed by atoms with Crippen molar-refractivity contribution >= 4 is 5.91 Å². The molecule has 2 heterocycles. The van der Waals surface area contributed by atoms with Crippen molar-refractivity contribution in [2.24, 2.45) is 0 Å². The molecule has 0 bridgehead atoms. The summed E-state index contributed by atoms with van der Waals surface area (Å²) in [6, 6.07) is 5.74.